The third-order valence-electron chi connectivity index (χ3n) is 7.22. The van der Waals surface area contributed by atoms with Crippen molar-refractivity contribution in [3.05, 3.63) is 45.5 Å². The number of pyridine rings is 1. The number of Topliss-reactive ketones (excluding diaryl/α,β-unsaturated/α-hetero) is 1. The highest BCUT2D eigenvalue weighted by atomic mass is 35.5. The molecule has 0 aliphatic heterocycles. The van der Waals surface area contributed by atoms with Gasteiger partial charge in [0, 0.05) is 12.4 Å². The van der Waals surface area contributed by atoms with Crippen molar-refractivity contribution in [3.8, 4) is 0 Å². The van der Waals surface area contributed by atoms with Gasteiger partial charge in [-0.25, -0.2) is 0 Å². The average molecular weight is 561 g/mol. The molecule has 2 aromatic rings. The molecule has 2 heterocycles. The van der Waals surface area contributed by atoms with E-state index < -0.39 is 52.6 Å². The van der Waals surface area contributed by atoms with Crippen LogP contribution >= 0.6 is 23.2 Å². The predicted molar refractivity (Wildman–Crippen MR) is 128 cm³/mol. The lowest BCUT2D eigenvalue weighted by Gasteiger charge is -2.34. The average Bonchev–Trinajstić information content (AvgIpc) is 3.51. The van der Waals surface area contributed by atoms with Crippen LogP contribution in [0.1, 0.15) is 84.3 Å². The largest absolute Gasteiger partial charge is 0.481 e. The molecule has 0 radical (unpaired) electrons. The van der Waals surface area contributed by atoms with Gasteiger partial charge in [0.2, 0.25) is 0 Å². The topological polar surface area (TPSA) is 114 Å². The molecule has 8 nitrogen and oxygen atoms in total. The number of amides is 1. The van der Waals surface area contributed by atoms with Crippen molar-refractivity contribution in [3.63, 3.8) is 0 Å². The van der Waals surface area contributed by atoms with Crippen LogP contribution < -0.4 is 5.32 Å². The van der Waals surface area contributed by atoms with Crippen LogP contribution in [0.4, 0.5) is 13.2 Å². The molecule has 37 heavy (non-hydrogen) atoms. The molecule has 2 aromatic heterocycles. The van der Waals surface area contributed by atoms with Gasteiger partial charge in [-0.2, -0.15) is 18.3 Å². The molecule has 13 heteroatoms. The van der Waals surface area contributed by atoms with Crippen LogP contribution in [0, 0.1) is 11.3 Å². The molecule has 4 rings (SSSR count). The number of nitrogens with one attached hydrogen (secondary N) is 1. The number of nitrogens with zero attached hydrogens (tertiary/aromatic N) is 3. The first-order valence-corrected chi connectivity index (χ1v) is 12.6. The maximum atomic E-state index is 14.2. The first-order valence-electron chi connectivity index (χ1n) is 11.8. The van der Waals surface area contributed by atoms with Crippen LogP contribution in [0.2, 0.25) is 10.0 Å². The Morgan fingerprint density at radius 3 is 2.24 bits per heavy atom. The number of hydrogen-bond acceptors (Lipinski definition) is 5. The van der Waals surface area contributed by atoms with E-state index in [2.05, 4.69) is 15.4 Å². The Bertz CT molecular complexity index is 1200. The first-order chi connectivity index (χ1) is 17.3. The molecule has 0 spiro atoms. The van der Waals surface area contributed by atoms with Crippen LogP contribution in [0.5, 0.6) is 0 Å². The zero-order valence-corrected chi connectivity index (χ0v) is 21.3. The van der Waals surface area contributed by atoms with Gasteiger partial charge in [0.15, 0.2) is 11.5 Å². The van der Waals surface area contributed by atoms with Gasteiger partial charge in [-0.1, -0.05) is 36.0 Å². The van der Waals surface area contributed by atoms with Gasteiger partial charge in [0.1, 0.15) is 0 Å². The van der Waals surface area contributed by atoms with E-state index >= 15 is 0 Å². The molecule has 2 saturated carbocycles. The smallest absolute Gasteiger partial charge is 0.433 e. The molecule has 1 atom stereocenters. The second-order valence-corrected chi connectivity index (χ2v) is 10.8. The van der Waals surface area contributed by atoms with Crippen LogP contribution in [-0.4, -0.2) is 43.6 Å². The van der Waals surface area contributed by atoms with Gasteiger partial charge in [0.05, 0.1) is 44.9 Å². The first kappa shape index (κ1) is 27.4. The number of carbonyl (C=O) groups excluding carboxylic acids is 2. The molecule has 0 aromatic carbocycles. The van der Waals surface area contributed by atoms with Crippen molar-refractivity contribution < 1.29 is 32.7 Å². The number of aromatic nitrogens is 3. The van der Waals surface area contributed by atoms with E-state index in [0.29, 0.717) is 0 Å². The van der Waals surface area contributed by atoms with E-state index in [-0.39, 0.29) is 53.6 Å². The van der Waals surface area contributed by atoms with Crippen molar-refractivity contribution in [2.45, 2.75) is 70.1 Å². The summed E-state index contributed by atoms with van der Waals surface area (Å²) in [6.07, 6.45) is 0.954. The molecule has 0 bridgehead atoms. The fourth-order valence-corrected chi connectivity index (χ4v) is 5.31. The molecular weight excluding hydrogens is 536 g/mol. The summed E-state index contributed by atoms with van der Waals surface area (Å²) in [4.78, 5) is 41.7. The minimum Gasteiger partial charge on any atom is -0.481 e. The Kier molecular flexibility index (Phi) is 7.58. The lowest BCUT2D eigenvalue weighted by atomic mass is 9.74. The molecule has 1 amide bonds. The second-order valence-electron chi connectivity index (χ2n) is 9.99. The molecule has 2 aliphatic carbocycles. The third-order valence-corrected chi connectivity index (χ3v) is 7.79. The fourth-order valence-electron chi connectivity index (χ4n) is 4.76. The van der Waals surface area contributed by atoms with E-state index in [1.54, 1.807) is 6.92 Å². The summed E-state index contributed by atoms with van der Waals surface area (Å²) in [7, 11) is 0. The third kappa shape index (κ3) is 5.77. The minimum atomic E-state index is -4.91. The van der Waals surface area contributed by atoms with Gasteiger partial charge in [0.25, 0.3) is 5.91 Å². The van der Waals surface area contributed by atoms with Crippen molar-refractivity contribution in [1.82, 2.24) is 20.1 Å². The standard InChI is InChI=1S/C24H25Cl2F3N4O4/c1-23(22(36)37)6-4-13(5-7-23)33-20(24(27,28)29)14(9-31-33)21(35)32-17(8-12-2-3-12)19(34)18-15(25)10-30-11-16(18)26/h9-13,17H,2-8H2,1H3,(H,32,35)(H,36,37)/t13-,17?,23-. The van der Waals surface area contributed by atoms with Crippen molar-refractivity contribution in [2.24, 2.45) is 11.3 Å². The van der Waals surface area contributed by atoms with E-state index in [9.17, 15) is 32.7 Å². The summed E-state index contributed by atoms with van der Waals surface area (Å²) in [5, 5.41) is 15.7. The van der Waals surface area contributed by atoms with E-state index in [1.165, 1.54) is 12.4 Å². The highest BCUT2D eigenvalue weighted by molar-refractivity contribution is 6.40. The zero-order chi connectivity index (χ0) is 27.1. The maximum Gasteiger partial charge on any atom is 0.433 e. The number of hydrogen-bond donors (Lipinski definition) is 2. The number of halogens is 5. The SMILES string of the molecule is C[C@]1(C(=O)O)CC[C@H](n2ncc(C(=O)NC(CC3CC3)C(=O)c3c(Cl)cncc3Cl)c2C(F)(F)F)CC1. The van der Waals surface area contributed by atoms with Crippen LogP contribution in [0.15, 0.2) is 18.6 Å². The summed E-state index contributed by atoms with van der Waals surface area (Å²) < 4.78 is 43.3. The molecule has 2 N–H and O–H groups in total. The Labute approximate surface area is 220 Å². The zero-order valence-electron chi connectivity index (χ0n) is 19.8. The maximum absolute atomic E-state index is 14.2. The Morgan fingerprint density at radius 1 is 1.14 bits per heavy atom. The summed E-state index contributed by atoms with van der Waals surface area (Å²) in [6.45, 7) is 1.57. The van der Waals surface area contributed by atoms with E-state index in [1.807, 2.05) is 0 Å². The monoisotopic (exact) mass is 560 g/mol. The normalized spacial score (nSPS) is 22.9. The summed E-state index contributed by atoms with van der Waals surface area (Å²) in [5.41, 5.74) is -3.01. The summed E-state index contributed by atoms with van der Waals surface area (Å²) in [5.74, 6) is -2.56. The lowest BCUT2D eigenvalue weighted by Crippen LogP contribution is -2.42. The highest BCUT2D eigenvalue weighted by Crippen LogP contribution is 2.43. The number of alkyl halides is 3. The molecule has 200 valence electrons. The van der Waals surface area contributed by atoms with Crippen LogP contribution in [-0.2, 0) is 11.0 Å². The predicted octanol–water partition coefficient (Wildman–Crippen LogP) is 5.59. The van der Waals surface area contributed by atoms with Gasteiger partial charge in [-0.3, -0.25) is 24.0 Å². The van der Waals surface area contributed by atoms with Crippen LogP contribution in [0.3, 0.4) is 0 Å². The Hall–Kier alpha value is -2.66. The van der Waals surface area contributed by atoms with Gasteiger partial charge >= 0.3 is 12.1 Å². The van der Waals surface area contributed by atoms with E-state index in [0.717, 1.165) is 23.7 Å². The van der Waals surface area contributed by atoms with Crippen LogP contribution in [0.25, 0.3) is 0 Å². The number of carbonyl (C=O) groups is 3. The van der Waals surface area contributed by atoms with Crippen molar-refractivity contribution >= 4 is 40.9 Å². The number of aliphatic carboxylic acids is 1. The molecule has 0 saturated heterocycles. The number of rotatable bonds is 8. The molecular formula is C24H25Cl2F3N4O4. The Balaban J connectivity index is 1.61. The molecule has 2 fully saturated rings. The fraction of sp³-hybridized carbons (Fsp3) is 0.542. The van der Waals surface area contributed by atoms with Crippen molar-refractivity contribution in [1.29, 1.82) is 0 Å². The number of carboxylic acid groups (broad SMARTS) is 1. The Morgan fingerprint density at radius 2 is 1.73 bits per heavy atom. The minimum absolute atomic E-state index is 0.0259. The van der Waals surface area contributed by atoms with Crippen molar-refractivity contribution in [2.75, 3.05) is 0 Å². The summed E-state index contributed by atoms with van der Waals surface area (Å²) >= 11 is 12.2. The highest BCUT2D eigenvalue weighted by Gasteiger charge is 2.45. The van der Waals surface area contributed by atoms with Gasteiger partial charge < -0.3 is 10.4 Å². The van der Waals surface area contributed by atoms with E-state index in [4.69, 9.17) is 23.2 Å². The molecule has 1 unspecified atom stereocenters. The lowest BCUT2D eigenvalue weighted by molar-refractivity contribution is -0.152. The quantitative estimate of drug-likeness (QED) is 0.406. The molecule has 2 aliphatic rings. The number of carboxylic acids is 1. The van der Waals surface area contributed by atoms with Gasteiger partial charge in [-0.05, 0) is 44.9 Å². The summed E-state index contributed by atoms with van der Waals surface area (Å²) in [6, 6.07) is -1.86. The number of ketones is 1. The second kappa shape index (κ2) is 10.2. The van der Waals surface area contributed by atoms with Gasteiger partial charge in [-0.15, -0.1) is 0 Å².